The van der Waals surface area contributed by atoms with Gasteiger partial charge in [-0.1, -0.05) is 0 Å². The van der Waals surface area contributed by atoms with E-state index in [1.165, 1.54) is 11.3 Å². The van der Waals surface area contributed by atoms with Crippen LogP contribution >= 0.6 is 23.1 Å². The normalized spacial score (nSPS) is 15.7. The van der Waals surface area contributed by atoms with Gasteiger partial charge in [0.1, 0.15) is 0 Å². The zero-order valence-corrected chi connectivity index (χ0v) is 18.3. The molecular formula is C22H20N4O3S2. The Kier molecular flexibility index (Phi) is 6.34. The van der Waals surface area contributed by atoms with E-state index in [0.29, 0.717) is 22.9 Å². The van der Waals surface area contributed by atoms with Gasteiger partial charge >= 0.3 is 0 Å². The molecule has 7 nitrogen and oxygen atoms in total. The van der Waals surface area contributed by atoms with Gasteiger partial charge in [0, 0.05) is 46.4 Å². The maximum absolute atomic E-state index is 12.7. The van der Waals surface area contributed by atoms with Crippen molar-refractivity contribution in [3.8, 4) is 0 Å². The number of carbonyl (C=O) groups is 3. The van der Waals surface area contributed by atoms with Crippen LogP contribution in [0, 0.1) is 5.92 Å². The molecule has 1 aliphatic rings. The lowest BCUT2D eigenvalue weighted by molar-refractivity contribution is -0.122. The number of nitrogens with zero attached hydrogens (tertiary/aromatic N) is 2. The fraction of sp³-hybridized carbons (Fsp3) is 0.182. The number of carbonyl (C=O) groups excluding carboxylic acids is 3. The molecule has 9 heteroatoms. The summed E-state index contributed by atoms with van der Waals surface area (Å²) < 4.78 is 0. The quantitative estimate of drug-likeness (QED) is 0.549. The molecule has 0 saturated carbocycles. The molecule has 1 fully saturated rings. The van der Waals surface area contributed by atoms with Crippen LogP contribution in [-0.2, 0) is 9.59 Å². The zero-order chi connectivity index (χ0) is 21.8. The maximum atomic E-state index is 12.7. The van der Waals surface area contributed by atoms with Crippen molar-refractivity contribution >= 4 is 57.3 Å². The number of anilines is 3. The van der Waals surface area contributed by atoms with Gasteiger partial charge in [0.25, 0.3) is 5.91 Å². The number of benzene rings is 2. The number of hydrogen-bond donors (Lipinski definition) is 2. The van der Waals surface area contributed by atoms with Gasteiger partial charge in [0.15, 0.2) is 5.13 Å². The average Bonchev–Trinajstić information content (AvgIpc) is 3.44. The third-order valence-electron chi connectivity index (χ3n) is 4.95. The first-order valence-electron chi connectivity index (χ1n) is 9.59. The molecule has 0 bridgehead atoms. The molecule has 158 valence electrons. The molecule has 2 heterocycles. The Bertz CT molecular complexity index is 1080. The highest BCUT2D eigenvalue weighted by Gasteiger charge is 2.35. The second-order valence-corrected chi connectivity index (χ2v) is 8.74. The van der Waals surface area contributed by atoms with Gasteiger partial charge in [-0.2, -0.15) is 0 Å². The minimum absolute atomic E-state index is 0.0637. The van der Waals surface area contributed by atoms with Crippen molar-refractivity contribution in [2.24, 2.45) is 5.92 Å². The predicted octanol–water partition coefficient (Wildman–Crippen LogP) is 4.11. The number of aromatic nitrogens is 1. The maximum Gasteiger partial charge on any atom is 0.257 e. The molecule has 4 rings (SSSR count). The number of nitrogens with one attached hydrogen (secondary N) is 2. The lowest BCUT2D eigenvalue weighted by Gasteiger charge is -2.17. The Balaban J connectivity index is 1.35. The Morgan fingerprint density at radius 1 is 1.10 bits per heavy atom. The molecular weight excluding hydrogens is 432 g/mol. The van der Waals surface area contributed by atoms with Crippen LogP contribution in [0.4, 0.5) is 16.5 Å². The first-order valence-corrected chi connectivity index (χ1v) is 11.7. The summed E-state index contributed by atoms with van der Waals surface area (Å²) in [7, 11) is 0. The molecule has 0 spiro atoms. The lowest BCUT2D eigenvalue weighted by Crippen LogP contribution is -2.28. The highest BCUT2D eigenvalue weighted by atomic mass is 32.2. The van der Waals surface area contributed by atoms with Crippen LogP contribution in [0.3, 0.4) is 0 Å². The van der Waals surface area contributed by atoms with Crippen molar-refractivity contribution < 1.29 is 14.4 Å². The van der Waals surface area contributed by atoms with E-state index in [0.717, 1.165) is 10.6 Å². The summed E-state index contributed by atoms with van der Waals surface area (Å²) in [5, 5.41) is 7.86. The SMILES string of the molecule is CSc1ccc(N2CC(C(=O)Nc3ccc(C(=O)Nc4nccs4)cc3)CC2=O)cc1. The van der Waals surface area contributed by atoms with E-state index < -0.39 is 5.92 Å². The zero-order valence-electron chi connectivity index (χ0n) is 16.7. The summed E-state index contributed by atoms with van der Waals surface area (Å²) in [4.78, 5) is 44.1. The van der Waals surface area contributed by atoms with Crippen LogP contribution in [-0.4, -0.2) is 35.5 Å². The van der Waals surface area contributed by atoms with E-state index in [1.54, 1.807) is 52.5 Å². The highest BCUT2D eigenvalue weighted by molar-refractivity contribution is 7.98. The summed E-state index contributed by atoms with van der Waals surface area (Å²) in [6.45, 7) is 0.345. The Labute approximate surface area is 187 Å². The van der Waals surface area contributed by atoms with Crippen LogP contribution < -0.4 is 15.5 Å². The average molecular weight is 453 g/mol. The van der Waals surface area contributed by atoms with Crippen LogP contribution in [0.15, 0.2) is 65.0 Å². The van der Waals surface area contributed by atoms with Crippen molar-refractivity contribution in [3.63, 3.8) is 0 Å². The predicted molar refractivity (Wildman–Crippen MR) is 124 cm³/mol. The summed E-state index contributed by atoms with van der Waals surface area (Å²) >= 11 is 2.98. The lowest BCUT2D eigenvalue weighted by atomic mass is 10.1. The molecule has 3 aromatic rings. The topological polar surface area (TPSA) is 91.4 Å². The van der Waals surface area contributed by atoms with Gasteiger partial charge in [0.05, 0.1) is 5.92 Å². The Hall–Kier alpha value is -3.17. The van der Waals surface area contributed by atoms with Crippen molar-refractivity contribution in [1.29, 1.82) is 0 Å². The third-order valence-corrected chi connectivity index (χ3v) is 6.38. The van der Waals surface area contributed by atoms with Gasteiger partial charge in [0.2, 0.25) is 11.8 Å². The number of rotatable bonds is 6. The molecule has 2 N–H and O–H groups in total. The summed E-state index contributed by atoms with van der Waals surface area (Å²) in [5.74, 6) is -0.971. The van der Waals surface area contributed by atoms with E-state index >= 15 is 0 Å². The minimum atomic E-state index is -0.430. The second-order valence-electron chi connectivity index (χ2n) is 6.96. The summed E-state index contributed by atoms with van der Waals surface area (Å²) in [5.41, 5.74) is 1.84. The van der Waals surface area contributed by atoms with Gasteiger partial charge in [-0.15, -0.1) is 23.1 Å². The summed E-state index contributed by atoms with van der Waals surface area (Å²) in [6, 6.07) is 14.4. The second kappa shape index (κ2) is 9.32. The molecule has 2 aromatic carbocycles. The fourth-order valence-electron chi connectivity index (χ4n) is 3.30. The van der Waals surface area contributed by atoms with E-state index in [1.807, 2.05) is 30.5 Å². The number of thiazole rings is 1. The first-order chi connectivity index (χ1) is 15.0. The molecule has 0 aliphatic carbocycles. The number of thioether (sulfide) groups is 1. The number of amides is 3. The van der Waals surface area contributed by atoms with Crippen molar-refractivity contribution in [1.82, 2.24) is 4.98 Å². The van der Waals surface area contributed by atoms with E-state index in [9.17, 15) is 14.4 Å². The molecule has 3 amide bonds. The molecule has 1 atom stereocenters. The molecule has 31 heavy (non-hydrogen) atoms. The molecule has 0 radical (unpaired) electrons. The van der Waals surface area contributed by atoms with Gasteiger partial charge in [-0.25, -0.2) is 4.98 Å². The largest absolute Gasteiger partial charge is 0.326 e. The van der Waals surface area contributed by atoms with E-state index in [4.69, 9.17) is 0 Å². The van der Waals surface area contributed by atoms with E-state index in [-0.39, 0.29) is 24.1 Å². The smallest absolute Gasteiger partial charge is 0.257 e. The molecule has 1 saturated heterocycles. The number of hydrogen-bond acceptors (Lipinski definition) is 6. The Morgan fingerprint density at radius 2 is 1.84 bits per heavy atom. The fourth-order valence-corrected chi connectivity index (χ4v) is 4.23. The van der Waals surface area contributed by atoms with Gasteiger partial charge in [-0.05, 0) is 54.8 Å². The van der Waals surface area contributed by atoms with Crippen LogP contribution in [0.25, 0.3) is 0 Å². The van der Waals surface area contributed by atoms with Gasteiger partial charge in [-0.3, -0.25) is 19.7 Å². The highest BCUT2D eigenvalue weighted by Crippen LogP contribution is 2.28. The van der Waals surface area contributed by atoms with E-state index in [2.05, 4.69) is 15.6 Å². The molecule has 1 aromatic heterocycles. The summed E-state index contributed by atoms with van der Waals surface area (Å²) in [6.07, 6.45) is 3.79. The van der Waals surface area contributed by atoms with Gasteiger partial charge < -0.3 is 10.2 Å². The standard InChI is InChI=1S/C22H20N4O3S2/c1-30-18-8-6-17(7-9-18)26-13-15(12-19(26)27)21(29)24-16-4-2-14(3-5-16)20(28)25-22-23-10-11-31-22/h2-11,15H,12-13H2,1H3,(H,24,29)(H,23,25,28). The molecule has 1 unspecified atom stereocenters. The third kappa shape index (κ3) is 4.95. The van der Waals surface area contributed by atoms with Crippen molar-refractivity contribution in [3.05, 3.63) is 65.7 Å². The van der Waals surface area contributed by atoms with Crippen LogP contribution in [0.5, 0.6) is 0 Å². The van der Waals surface area contributed by atoms with Crippen LogP contribution in [0.1, 0.15) is 16.8 Å². The first kappa shape index (κ1) is 21.1. The molecule has 1 aliphatic heterocycles. The Morgan fingerprint density at radius 3 is 2.48 bits per heavy atom. The van der Waals surface area contributed by atoms with Crippen LogP contribution in [0.2, 0.25) is 0 Å². The van der Waals surface area contributed by atoms with Crippen molar-refractivity contribution in [2.45, 2.75) is 11.3 Å². The monoisotopic (exact) mass is 452 g/mol. The minimum Gasteiger partial charge on any atom is -0.326 e. The van der Waals surface area contributed by atoms with Crippen molar-refractivity contribution in [2.75, 3.05) is 28.3 Å².